The molecule has 2 atom stereocenters. The predicted octanol–water partition coefficient (Wildman–Crippen LogP) is 6.33. The monoisotopic (exact) mass is 546 g/mol. The molecule has 1 aliphatic rings. The van der Waals surface area contributed by atoms with Crippen LogP contribution in [0.2, 0.25) is 0 Å². The van der Waals surface area contributed by atoms with Crippen molar-refractivity contribution in [3.63, 3.8) is 0 Å². The highest BCUT2D eigenvalue weighted by Gasteiger charge is 2.53. The van der Waals surface area contributed by atoms with Gasteiger partial charge in [-0.05, 0) is 28.7 Å². The molecule has 0 spiro atoms. The molecule has 5 heteroatoms. The highest BCUT2D eigenvalue weighted by atomic mass is 16.6. The summed E-state index contributed by atoms with van der Waals surface area (Å²) in [6.45, 7) is 3.32. The molecular formula is C36H40N3O2+. The zero-order valence-corrected chi connectivity index (χ0v) is 23.9. The first-order chi connectivity index (χ1) is 20.0. The second kappa shape index (κ2) is 13.0. The van der Waals surface area contributed by atoms with Crippen LogP contribution in [0.5, 0.6) is 0 Å². The van der Waals surface area contributed by atoms with Crippen LogP contribution < -0.4 is 5.73 Å². The van der Waals surface area contributed by atoms with Crippen molar-refractivity contribution in [2.45, 2.75) is 31.3 Å². The Morgan fingerprint density at radius 1 is 0.854 bits per heavy atom. The van der Waals surface area contributed by atoms with Crippen LogP contribution in [0.15, 0.2) is 126 Å². The number of rotatable bonds is 12. The normalized spacial score (nSPS) is 19.1. The average molecular weight is 547 g/mol. The number of carbonyl (C=O) groups is 1. The zero-order chi connectivity index (χ0) is 28.5. The van der Waals surface area contributed by atoms with E-state index >= 15 is 0 Å². The van der Waals surface area contributed by atoms with Crippen molar-refractivity contribution in [1.82, 2.24) is 0 Å². The van der Waals surface area contributed by atoms with E-state index in [1.54, 1.807) is 0 Å². The largest absolute Gasteiger partial charge is 0.391 e. The van der Waals surface area contributed by atoms with Crippen LogP contribution in [0.3, 0.4) is 0 Å². The number of nitrogens with two attached hydrogens (primary N) is 1. The molecule has 0 aromatic heterocycles. The Morgan fingerprint density at radius 3 is 1.95 bits per heavy atom. The average Bonchev–Trinajstić information content (AvgIpc) is 3.40. The molecule has 4 aromatic rings. The molecule has 210 valence electrons. The van der Waals surface area contributed by atoms with Gasteiger partial charge in [-0.25, -0.2) is 0 Å². The number of nitrogens with zero attached hydrogens (tertiary/aromatic N) is 2. The van der Waals surface area contributed by atoms with E-state index in [9.17, 15) is 4.79 Å². The Hall–Kier alpha value is -4.22. The van der Waals surface area contributed by atoms with Crippen LogP contribution in [-0.2, 0) is 21.7 Å². The molecule has 41 heavy (non-hydrogen) atoms. The Bertz CT molecular complexity index is 1390. The standard InChI is InChI=1S/C36H39N3O2/c1-39(25-14-23-34(30-17-8-3-9-18-30)38-41-28-29-15-6-2-7-16-29)26-24-33(27-39)36(35(37)40,31-19-10-4-11-20-31)32-21-12-5-13-22-32/h2-13,15-22,33H,14,23-28H2,1H3,(H-,37,40)/p+1/b38-34+/t33-,39?/m1/s1. The van der Waals surface area contributed by atoms with Gasteiger partial charge in [-0.3, -0.25) is 4.79 Å². The molecule has 1 saturated heterocycles. The quantitative estimate of drug-likeness (QED) is 0.128. The first kappa shape index (κ1) is 28.3. The van der Waals surface area contributed by atoms with Crippen LogP contribution in [0, 0.1) is 5.92 Å². The van der Waals surface area contributed by atoms with Gasteiger partial charge in [0.1, 0.15) is 12.0 Å². The van der Waals surface area contributed by atoms with Gasteiger partial charge < -0.3 is 15.1 Å². The third-order valence-corrected chi connectivity index (χ3v) is 8.61. The fraction of sp³-hybridized carbons (Fsp3) is 0.278. The van der Waals surface area contributed by atoms with E-state index in [2.05, 4.69) is 48.6 Å². The minimum atomic E-state index is -0.861. The second-order valence-corrected chi connectivity index (χ2v) is 11.4. The number of amides is 1. The van der Waals surface area contributed by atoms with Crippen LogP contribution in [0.25, 0.3) is 0 Å². The molecular weight excluding hydrogens is 506 g/mol. The summed E-state index contributed by atoms with van der Waals surface area (Å²) in [4.78, 5) is 19.3. The van der Waals surface area contributed by atoms with Crippen molar-refractivity contribution < 1.29 is 14.1 Å². The van der Waals surface area contributed by atoms with Gasteiger partial charge >= 0.3 is 0 Å². The molecule has 1 unspecified atom stereocenters. The third kappa shape index (κ3) is 6.41. The first-order valence-electron chi connectivity index (χ1n) is 14.5. The van der Waals surface area contributed by atoms with Crippen molar-refractivity contribution in [3.05, 3.63) is 144 Å². The summed E-state index contributed by atoms with van der Waals surface area (Å²) in [5, 5.41) is 4.58. The lowest BCUT2D eigenvalue weighted by Crippen LogP contribution is -2.51. The molecule has 5 nitrogen and oxygen atoms in total. The highest BCUT2D eigenvalue weighted by Crippen LogP contribution is 2.45. The number of hydrogen-bond acceptors (Lipinski definition) is 3. The van der Waals surface area contributed by atoms with E-state index < -0.39 is 5.41 Å². The van der Waals surface area contributed by atoms with Crippen molar-refractivity contribution in [2.24, 2.45) is 16.8 Å². The molecule has 1 aliphatic heterocycles. The Kier molecular flexibility index (Phi) is 8.95. The second-order valence-electron chi connectivity index (χ2n) is 11.4. The number of quaternary nitrogens is 1. The number of hydrogen-bond donors (Lipinski definition) is 1. The topological polar surface area (TPSA) is 64.7 Å². The van der Waals surface area contributed by atoms with Gasteiger partial charge in [-0.15, -0.1) is 0 Å². The van der Waals surface area contributed by atoms with Gasteiger partial charge in [0.05, 0.1) is 32.4 Å². The maximum Gasteiger partial charge on any atom is 0.233 e. The molecule has 0 saturated carbocycles. The summed E-state index contributed by atoms with van der Waals surface area (Å²) in [5.41, 5.74) is 10.6. The van der Waals surface area contributed by atoms with Gasteiger partial charge in [0.15, 0.2) is 0 Å². The van der Waals surface area contributed by atoms with Crippen LogP contribution in [-0.4, -0.2) is 42.8 Å². The molecule has 1 fully saturated rings. The van der Waals surface area contributed by atoms with Crippen LogP contribution in [0.1, 0.15) is 41.5 Å². The Balaban J connectivity index is 1.31. The number of oxime groups is 1. The third-order valence-electron chi connectivity index (χ3n) is 8.61. The maximum absolute atomic E-state index is 13.5. The SMILES string of the molecule is C[N+]1(CCC/C(=N\OCc2ccccc2)c2ccccc2)CC[C@@H](C(C(N)=O)(c2ccccc2)c2ccccc2)C1. The smallest absolute Gasteiger partial charge is 0.233 e. The molecule has 0 bridgehead atoms. The van der Waals surface area contributed by atoms with Crippen LogP contribution >= 0.6 is 0 Å². The van der Waals surface area contributed by atoms with Crippen molar-refractivity contribution in [3.8, 4) is 0 Å². The first-order valence-corrected chi connectivity index (χ1v) is 14.5. The minimum Gasteiger partial charge on any atom is -0.391 e. The summed E-state index contributed by atoms with van der Waals surface area (Å²) in [6, 6.07) is 40.6. The van der Waals surface area contributed by atoms with E-state index in [0.717, 1.165) is 71.3 Å². The van der Waals surface area contributed by atoms with E-state index in [4.69, 9.17) is 10.6 Å². The van der Waals surface area contributed by atoms with E-state index in [1.807, 2.05) is 84.9 Å². The van der Waals surface area contributed by atoms with Gasteiger partial charge in [0.2, 0.25) is 5.91 Å². The fourth-order valence-corrected chi connectivity index (χ4v) is 6.52. The van der Waals surface area contributed by atoms with Gasteiger partial charge in [-0.1, -0.05) is 126 Å². The number of likely N-dealkylation sites (tertiary alicyclic amines) is 1. The zero-order valence-electron chi connectivity index (χ0n) is 23.9. The van der Waals surface area contributed by atoms with Gasteiger partial charge in [-0.2, -0.15) is 0 Å². The molecule has 1 amide bonds. The molecule has 4 aromatic carbocycles. The fourth-order valence-electron chi connectivity index (χ4n) is 6.52. The van der Waals surface area contributed by atoms with E-state index in [-0.39, 0.29) is 11.8 Å². The lowest BCUT2D eigenvalue weighted by atomic mass is 9.64. The van der Waals surface area contributed by atoms with Crippen molar-refractivity contribution in [1.29, 1.82) is 0 Å². The van der Waals surface area contributed by atoms with E-state index in [1.165, 1.54) is 0 Å². The van der Waals surface area contributed by atoms with Gasteiger partial charge in [0, 0.05) is 18.8 Å². The molecule has 1 heterocycles. The molecule has 0 aliphatic carbocycles. The van der Waals surface area contributed by atoms with Crippen molar-refractivity contribution >= 4 is 11.6 Å². The Morgan fingerprint density at radius 2 is 1.39 bits per heavy atom. The minimum absolute atomic E-state index is 0.103. The lowest BCUT2D eigenvalue weighted by Gasteiger charge is -2.38. The summed E-state index contributed by atoms with van der Waals surface area (Å²) in [5.74, 6) is -0.173. The number of primary amides is 1. The Labute approximate surface area is 243 Å². The summed E-state index contributed by atoms with van der Waals surface area (Å²) >= 11 is 0. The lowest BCUT2D eigenvalue weighted by molar-refractivity contribution is -0.899. The molecule has 0 radical (unpaired) electrons. The number of carbonyl (C=O) groups excluding carboxylic acids is 1. The maximum atomic E-state index is 13.5. The molecule has 2 N–H and O–H groups in total. The van der Waals surface area contributed by atoms with E-state index in [0.29, 0.717) is 6.61 Å². The number of benzene rings is 4. The highest BCUT2D eigenvalue weighted by molar-refractivity contribution is 6.00. The summed E-state index contributed by atoms with van der Waals surface area (Å²) in [6.07, 6.45) is 2.71. The van der Waals surface area contributed by atoms with Crippen LogP contribution in [0.4, 0.5) is 0 Å². The van der Waals surface area contributed by atoms with Gasteiger partial charge in [0.25, 0.3) is 0 Å². The summed E-state index contributed by atoms with van der Waals surface area (Å²) < 4.78 is 0.895. The summed E-state index contributed by atoms with van der Waals surface area (Å²) in [7, 11) is 2.31. The van der Waals surface area contributed by atoms with Crippen molar-refractivity contribution in [2.75, 3.05) is 26.7 Å². The predicted molar refractivity (Wildman–Crippen MR) is 165 cm³/mol. The molecule has 5 rings (SSSR count).